The average molecular weight is 358 g/mol. The van der Waals surface area contributed by atoms with Crippen LogP contribution in [0.3, 0.4) is 0 Å². The van der Waals surface area contributed by atoms with Crippen LogP contribution in [0.25, 0.3) is 15.7 Å². The smallest absolute Gasteiger partial charge is 0.291 e. The minimum absolute atomic E-state index is 0.00838. The van der Waals surface area contributed by atoms with Crippen LogP contribution in [0.5, 0.6) is 0 Å². The number of amides is 1. The van der Waals surface area contributed by atoms with Crippen molar-refractivity contribution < 1.29 is 4.79 Å². The molecule has 25 heavy (non-hydrogen) atoms. The fourth-order valence-corrected chi connectivity index (χ4v) is 4.94. The van der Waals surface area contributed by atoms with Gasteiger partial charge in [0.25, 0.3) is 5.56 Å². The van der Waals surface area contributed by atoms with E-state index in [1.165, 1.54) is 4.68 Å². The van der Waals surface area contributed by atoms with E-state index in [-0.39, 0.29) is 18.0 Å². The molecule has 2 atom stereocenters. The molecule has 0 aromatic carbocycles. The molecule has 7 heteroatoms. The first kappa shape index (κ1) is 16.3. The molecule has 1 fully saturated rings. The van der Waals surface area contributed by atoms with Crippen LogP contribution in [0, 0.1) is 18.8 Å². The first-order valence-electron chi connectivity index (χ1n) is 8.68. The van der Waals surface area contributed by atoms with Crippen molar-refractivity contribution in [3.63, 3.8) is 0 Å². The zero-order chi connectivity index (χ0) is 17.7. The van der Waals surface area contributed by atoms with Gasteiger partial charge in [-0.3, -0.25) is 14.0 Å². The number of rotatable bonds is 2. The Bertz CT molecular complexity index is 1010. The predicted molar refractivity (Wildman–Crippen MR) is 99.1 cm³/mol. The third-order valence-electron chi connectivity index (χ3n) is 4.96. The number of aryl methyl sites for hydroxylation is 1. The number of hydrogen-bond acceptors (Lipinski definition) is 4. The van der Waals surface area contributed by atoms with Gasteiger partial charge in [0.1, 0.15) is 22.7 Å². The Kier molecular flexibility index (Phi) is 3.91. The van der Waals surface area contributed by atoms with Crippen LogP contribution in [0.4, 0.5) is 0 Å². The number of aromatic nitrogens is 3. The maximum absolute atomic E-state index is 12.8. The molecule has 0 aliphatic carbocycles. The number of piperidine rings is 1. The monoisotopic (exact) mass is 358 g/mol. The Hall–Kier alpha value is -2.15. The van der Waals surface area contributed by atoms with E-state index < -0.39 is 0 Å². The van der Waals surface area contributed by atoms with E-state index in [9.17, 15) is 9.59 Å². The van der Waals surface area contributed by atoms with Crippen molar-refractivity contribution in [2.24, 2.45) is 11.8 Å². The molecule has 0 radical (unpaired) electrons. The summed E-state index contributed by atoms with van der Waals surface area (Å²) in [5, 5.41) is 7.44. The van der Waals surface area contributed by atoms with Crippen molar-refractivity contribution in [3.8, 4) is 0 Å². The van der Waals surface area contributed by atoms with Crippen LogP contribution in [-0.4, -0.2) is 38.1 Å². The van der Waals surface area contributed by atoms with E-state index in [1.807, 2.05) is 33.7 Å². The lowest BCUT2D eigenvalue weighted by Gasteiger charge is -2.35. The molecule has 0 saturated carbocycles. The highest BCUT2D eigenvalue weighted by molar-refractivity contribution is 7.16. The number of fused-ring (bicyclic) bond motifs is 3. The average Bonchev–Trinajstić information content (AvgIpc) is 3.12. The second-order valence-corrected chi connectivity index (χ2v) is 8.20. The van der Waals surface area contributed by atoms with E-state index in [4.69, 9.17) is 0 Å². The number of nitrogens with zero attached hydrogens (tertiary/aromatic N) is 4. The van der Waals surface area contributed by atoms with Crippen LogP contribution in [0.1, 0.15) is 26.1 Å². The fraction of sp³-hybridized carbons (Fsp3) is 0.500. The van der Waals surface area contributed by atoms with Gasteiger partial charge in [-0.2, -0.15) is 5.10 Å². The summed E-state index contributed by atoms with van der Waals surface area (Å²) < 4.78 is 3.20. The third-order valence-corrected chi connectivity index (χ3v) is 5.87. The quantitative estimate of drug-likeness (QED) is 0.707. The maximum atomic E-state index is 12.8. The summed E-state index contributed by atoms with van der Waals surface area (Å²) in [6, 6.07) is 3.88. The Labute approximate surface area is 149 Å². The SMILES string of the molecule is Cc1nn(CC(=O)N2C[C@H](C)C[C@@H](C)C2)c(=O)c2cc3ccsc3n12. The van der Waals surface area contributed by atoms with Crippen LogP contribution in [-0.2, 0) is 11.3 Å². The van der Waals surface area contributed by atoms with Crippen LogP contribution >= 0.6 is 11.3 Å². The largest absolute Gasteiger partial charge is 0.341 e. The Morgan fingerprint density at radius 1 is 1.32 bits per heavy atom. The lowest BCUT2D eigenvalue weighted by atomic mass is 9.92. The molecule has 1 aliphatic rings. The number of likely N-dealkylation sites (tertiary alicyclic amines) is 1. The molecular formula is C18H22N4O2S. The highest BCUT2D eigenvalue weighted by Crippen LogP contribution is 2.24. The zero-order valence-electron chi connectivity index (χ0n) is 14.7. The molecule has 0 spiro atoms. The van der Waals surface area contributed by atoms with Gasteiger partial charge < -0.3 is 4.90 Å². The van der Waals surface area contributed by atoms with Crippen LogP contribution in [0.15, 0.2) is 22.3 Å². The van der Waals surface area contributed by atoms with Gasteiger partial charge in [-0.1, -0.05) is 13.8 Å². The summed E-state index contributed by atoms with van der Waals surface area (Å²) in [7, 11) is 0. The third kappa shape index (κ3) is 2.76. The van der Waals surface area contributed by atoms with Gasteiger partial charge in [0.2, 0.25) is 5.91 Å². The highest BCUT2D eigenvalue weighted by Gasteiger charge is 2.26. The molecule has 0 unspecified atom stereocenters. The van der Waals surface area contributed by atoms with Crippen molar-refractivity contribution in [1.29, 1.82) is 0 Å². The molecule has 6 nitrogen and oxygen atoms in total. The van der Waals surface area contributed by atoms with Crippen molar-refractivity contribution in [3.05, 3.63) is 33.7 Å². The Morgan fingerprint density at radius 2 is 2.04 bits per heavy atom. The van der Waals surface area contributed by atoms with Gasteiger partial charge >= 0.3 is 0 Å². The van der Waals surface area contributed by atoms with Crippen LogP contribution in [0.2, 0.25) is 0 Å². The lowest BCUT2D eigenvalue weighted by Crippen LogP contribution is -2.45. The van der Waals surface area contributed by atoms with Crippen molar-refractivity contribution >= 4 is 33.0 Å². The molecule has 1 aliphatic heterocycles. The molecule has 132 valence electrons. The lowest BCUT2D eigenvalue weighted by molar-refractivity contribution is -0.134. The molecule has 4 heterocycles. The van der Waals surface area contributed by atoms with E-state index in [0.717, 1.165) is 35.6 Å². The Morgan fingerprint density at radius 3 is 2.76 bits per heavy atom. The summed E-state index contributed by atoms with van der Waals surface area (Å²) >= 11 is 1.59. The molecule has 1 saturated heterocycles. The molecule has 1 amide bonds. The molecule has 4 rings (SSSR count). The number of thiophene rings is 1. The second kappa shape index (κ2) is 5.98. The van der Waals surface area contributed by atoms with Gasteiger partial charge in [-0.25, -0.2) is 4.68 Å². The molecule has 3 aromatic rings. The predicted octanol–water partition coefficient (Wildman–Crippen LogP) is 2.52. The molecular weight excluding hydrogens is 336 g/mol. The number of hydrogen-bond donors (Lipinski definition) is 0. The summed E-state index contributed by atoms with van der Waals surface area (Å²) in [4.78, 5) is 28.4. The van der Waals surface area contributed by atoms with E-state index >= 15 is 0 Å². The van der Waals surface area contributed by atoms with Gasteiger partial charge in [0.05, 0.1) is 0 Å². The van der Waals surface area contributed by atoms with Crippen LogP contribution < -0.4 is 5.56 Å². The first-order chi connectivity index (χ1) is 11.9. The number of carbonyl (C=O) groups excluding carboxylic acids is 1. The molecule has 3 aromatic heterocycles. The minimum atomic E-state index is -0.208. The summed E-state index contributed by atoms with van der Waals surface area (Å²) in [5.41, 5.74) is 0.378. The van der Waals surface area contributed by atoms with Crippen molar-refractivity contribution in [1.82, 2.24) is 19.1 Å². The van der Waals surface area contributed by atoms with Gasteiger partial charge in [-0.05, 0) is 42.7 Å². The maximum Gasteiger partial charge on any atom is 0.291 e. The Balaban J connectivity index is 1.68. The summed E-state index contributed by atoms with van der Waals surface area (Å²) in [6.07, 6.45) is 1.15. The van der Waals surface area contributed by atoms with Crippen molar-refractivity contribution in [2.45, 2.75) is 33.7 Å². The zero-order valence-corrected chi connectivity index (χ0v) is 15.5. The summed E-state index contributed by atoms with van der Waals surface area (Å²) in [6.45, 7) is 7.75. The van der Waals surface area contributed by atoms with E-state index in [0.29, 0.717) is 17.4 Å². The number of carbonyl (C=O) groups is 1. The fourth-order valence-electron chi connectivity index (χ4n) is 4.00. The molecule has 0 bridgehead atoms. The normalized spacial score (nSPS) is 21.3. The van der Waals surface area contributed by atoms with Gasteiger partial charge in [-0.15, -0.1) is 11.3 Å². The van der Waals surface area contributed by atoms with Crippen molar-refractivity contribution in [2.75, 3.05) is 13.1 Å². The standard InChI is InChI=1S/C18H22N4O2S/c1-11-6-12(2)9-20(8-11)16(23)10-21-17(24)15-7-14-4-5-25-18(14)22(15)13(3)19-21/h4-5,7,11-12H,6,8-10H2,1-3H3/t11-,12-/m1/s1. The summed E-state index contributed by atoms with van der Waals surface area (Å²) in [5.74, 6) is 1.70. The highest BCUT2D eigenvalue weighted by atomic mass is 32.1. The topological polar surface area (TPSA) is 59.6 Å². The van der Waals surface area contributed by atoms with E-state index in [1.54, 1.807) is 11.3 Å². The van der Waals surface area contributed by atoms with Gasteiger partial charge in [0.15, 0.2) is 0 Å². The van der Waals surface area contributed by atoms with Gasteiger partial charge in [0, 0.05) is 18.5 Å². The second-order valence-electron chi connectivity index (χ2n) is 7.30. The first-order valence-corrected chi connectivity index (χ1v) is 9.56. The molecule has 0 N–H and O–H groups in total. The minimum Gasteiger partial charge on any atom is -0.341 e. The van der Waals surface area contributed by atoms with E-state index in [2.05, 4.69) is 18.9 Å².